The van der Waals surface area contributed by atoms with E-state index in [2.05, 4.69) is 10.2 Å². The first kappa shape index (κ1) is 14.2. The number of amides is 1. The summed E-state index contributed by atoms with van der Waals surface area (Å²) in [5.74, 6) is 0.0564. The third kappa shape index (κ3) is 2.56. The number of nitrogens with zero attached hydrogens (tertiary/aromatic N) is 2. The Balaban J connectivity index is 1.93. The fraction of sp³-hybridized carbons (Fsp3) is 0.429. The van der Waals surface area contributed by atoms with E-state index in [1.54, 1.807) is 17.0 Å². The quantitative estimate of drug-likeness (QED) is 0.925. The van der Waals surface area contributed by atoms with Crippen molar-refractivity contribution in [3.05, 3.63) is 40.1 Å². The van der Waals surface area contributed by atoms with Crippen molar-refractivity contribution < 1.29 is 13.9 Å². The van der Waals surface area contributed by atoms with Crippen molar-refractivity contribution in [1.82, 2.24) is 15.1 Å². The number of morpholine rings is 1. The number of carbonyl (C=O) groups excluding carboxylic acids is 1. The third-order valence-electron chi connectivity index (χ3n) is 3.69. The van der Waals surface area contributed by atoms with Crippen LogP contribution < -0.4 is 0 Å². The van der Waals surface area contributed by atoms with Crippen LogP contribution in [-0.2, 0) is 4.74 Å². The van der Waals surface area contributed by atoms with Gasteiger partial charge >= 0.3 is 0 Å². The molecular weight excluding hydrogens is 294 g/mol. The number of H-pyrrole nitrogens is 1. The topological polar surface area (TPSA) is 71.4 Å². The van der Waals surface area contributed by atoms with Gasteiger partial charge in [-0.2, -0.15) is 5.10 Å². The van der Waals surface area contributed by atoms with E-state index in [1.807, 2.05) is 13.8 Å². The number of aromatic nitrogens is 2. The second-order valence-electron chi connectivity index (χ2n) is 5.04. The zero-order valence-corrected chi connectivity index (χ0v) is 12.6. The number of ether oxygens (including phenoxy) is 1. The van der Waals surface area contributed by atoms with Crippen LogP contribution in [0.5, 0.6) is 0 Å². The number of halogens is 1. The predicted molar refractivity (Wildman–Crippen MR) is 76.4 cm³/mol. The first-order valence-corrected chi connectivity index (χ1v) is 7.11. The minimum atomic E-state index is -0.185. The van der Waals surface area contributed by atoms with Crippen LogP contribution in [0.4, 0.5) is 0 Å². The highest BCUT2D eigenvalue weighted by Gasteiger charge is 2.33. The average molecular weight is 310 g/mol. The van der Waals surface area contributed by atoms with Crippen molar-refractivity contribution in [2.24, 2.45) is 0 Å². The molecule has 112 valence electrons. The molecule has 2 aromatic rings. The first-order chi connectivity index (χ1) is 10.1. The molecule has 0 unspecified atom stereocenters. The summed E-state index contributed by atoms with van der Waals surface area (Å²) in [4.78, 5) is 14.4. The van der Waals surface area contributed by atoms with Crippen LogP contribution in [0.25, 0.3) is 0 Å². The van der Waals surface area contributed by atoms with Gasteiger partial charge in [-0.15, -0.1) is 0 Å². The van der Waals surface area contributed by atoms with Crippen LogP contribution in [0, 0.1) is 13.8 Å². The minimum Gasteiger partial charge on any atom is -0.440 e. The van der Waals surface area contributed by atoms with Gasteiger partial charge in [-0.25, -0.2) is 0 Å². The summed E-state index contributed by atoms with van der Waals surface area (Å²) in [6, 6.07) is 2.99. The van der Waals surface area contributed by atoms with Gasteiger partial charge in [0.05, 0.1) is 24.9 Å². The zero-order chi connectivity index (χ0) is 15.0. The summed E-state index contributed by atoms with van der Waals surface area (Å²) in [6.45, 7) is 5.32. The van der Waals surface area contributed by atoms with E-state index in [9.17, 15) is 4.79 Å². The largest absolute Gasteiger partial charge is 0.440 e. The van der Waals surface area contributed by atoms with Crippen LogP contribution in [0.2, 0.25) is 5.22 Å². The highest BCUT2D eigenvalue weighted by Crippen LogP contribution is 2.30. The Labute approximate surface area is 127 Å². The number of aromatic amines is 1. The molecule has 21 heavy (non-hydrogen) atoms. The van der Waals surface area contributed by atoms with Crippen molar-refractivity contribution in [2.45, 2.75) is 19.9 Å². The Morgan fingerprint density at radius 1 is 1.48 bits per heavy atom. The van der Waals surface area contributed by atoms with Crippen molar-refractivity contribution in [2.75, 3.05) is 19.8 Å². The lowest BCUT2D eigenvalue weighted by Crippen LogP contribution is -2.43. The molecule has 6 nitrogen and oxygen atoms in total. The Hall–Kier alpha value is -1.79. The predicted octanol–water partition coefficient (Wildman–Crippen LogP) is 2.49. The number of aryl methyl sites for hydroxylation is 2. The Morgan fingerprint density at radius 3 is 2.90 bits per heavy atom. The summed E-state index contributed by atoms with van der Waals surface area (Å²) >= 11 is 5.75. The van der Waals surface area contributed by atoms with E-state index < -0.39 is 0 Å². The molecule has 0 bridgehead atoms. The number of furan rings is 1. The highest BCUT2D eigenvalue weighted by molar-refractivity contribution is 6.29. The maximum atomic E-state index is 12.6. The van der Waals surface area contributed by atoms with Gasteiger partial charge < -0.3 is 14.1 Å². The molecule has 3 heterocycles. The van der Waals surface area contributed by atoms with E-state index in [1.165, 1.54) is 0 Å². The van der Waals surface area contributed by atoms with Gasteiger partial charge in [-0.05, 0) is 37.6 Å². The molecule has 7 heteroatoms. The molecule has 1 N–H and O–H groups in total. The molecule has 0 radical (unpaired) electrons. The summed E-state index contributed by atoms with van der Waals surface area (Å²) < 4.78 is 10.8. The van der Waals surface area contributed by atoms with Crippen molar-refractivity contribution in [1.29, 1.82) is 0 Å². The van der Waals surface area contributed by atoms with Gasteiger partial charge in [-0.3, -0.25) is 9.89 Å². The molecule has 1 atom stereocenters. The fourth-order valence-electron chi connectivity index (χ4n) is 2.71. The second kappa shape index (κ2) is 5.54. The summed E-state index contributed by atoms with van der Waals surface area (Å²) in [7, 11) is 0. The molecule has 0 saturated carbocycles. The number of nitrogens with one attached hydrogen (secondary N) is 1. The van der Waals surface area contributed by atoms with E-state index in [0.717, 1.165) is 17.0 Å². The normalized spacial score (nSPS) is 19.0. The third-order valence-corrected chi connectivity index (χ3v) is 3.89. The van der Waals surface area contributed by atoms with Gasteiger partial charge in [0, 0.05) is 17.8 Å². The van der Waals surface area contributed by atoms with Crippen LogP contribution in [-0.4, -0.2) is 40.8 Å². The Morgan fingerprint density at radius 2 is 2.29 bits per heavy atom. The number of rotatable bonds is 2. The summed E-state index contributed by atoms with van der Waals surface area (Å²) in [5.41, 5.74) is 2.82. The molecular formula is C14H16ClN3O3. The van der Waals surface area contributed by atoms with Crippen molar-refractivity contribution >= 4 is 17.5 Å². The van der Waals surface area contributed by atoms with E-state index >= 15 is 0 Å². The molecule has 1 saturated heterocycles. The smallest absolute Gasteiger partial charge is 0.290 e. The summed E-state index contributed by atoms with van der Waals surface area (Å²) in [5, 5.41) is 7.36. The maximum Gasteiger partial charge on any atom is 0.290 e. The van der Waals surface area contributed by atoms with Crippen LogP contribution in [0.3, 0.4) is 0 Å². The first-order valence-electron chi connectivity index (χ1n) is 6.73. The lowest BCUT2D eigenvalue weighted by atomic mass is 10.0. The monoisotopic (exact) mass is 309 g/mol. The minimum absolute atomic E-state index is 0.172. The van der Waals surface area contributed by atoms with Gasteiger partial charge in [0.25, 0.3) is 5.91 Å². The highest BCUT2D eigenvalue weighted by atomic mass is 35.5. The molecule has 1 fully saturated rings. The Bertz CT molecular complexity index is 645. The van der Waals surface area contributed by atoms with Crippen LogP contribution in [0.15, 0.2) is 16.5 Å². The van der Waals surface area contributed by atoms with E-state index in [-0.39, 0.29) is 22.9 Å². The Kier molecular flexibility index (Phi) is 3.73. The van der Waals surface area contributed by atoms with Crippen molar-refractivity contribution in [3.63, 3.8) is 0 Å². The fourth-order valence-corrected chi connectivity index (χ4v) is 2.85. The summed E-state index contributed by atoms with van der Waals surface area (Å²) in [6.07, 6.45) is 0. The second-order valence-corrected chi connectivity index (χ2v) is 5.41. The zero-order valence-electron chi connectivity index (χ0n) is 11.9. The van der Waals surface area contributed by atoms with Crippen molar-refractivity contribution in [3.8, 4) is 0 Å². The van der Waals surface area contributed by atoms with E-state index in [0.29, 0.717) is 19.8 Å². The average Bonchev–Trinajstić information content (AvgIpc) is 3.05. The molecule has 1 amide bonds. The molecule has 1 aliphatic rings. The lowest BCUT2D eigenvalue weighted by Gasteiger charge is -2.35. The van der Waals surface area contributed by atoms with Gasteiger partial charge in [0.1, 0.15) is 0 Å². The van der Waals surface area contributed by atoms with Gasteiger partial charge in [0.2, 0.25) is 0 Å². The lowest BCUT2D eigenvalue weighted by molar-refractivity contribution is -0.00456. The molecule has 0 aromatic carbocycles. The van der Waals surface area contributed by atoms with Crippen LogP contribution in [0.1, 0.15) is 33.5 Å². The van der Waals surface area contributed by atoms with Gasteiger partial charge in [-0.1, -0.05) is 0 Å². The van der Waals surface area contributed by atoms with Gasteiger partial charge in [0.15, 0.2) is 11.0 Å². The molecule has 3 rings (SSSR count). The molecule has 0 spiro atoms. The van der Waals surface area contributed by atoms with E-state index in [4.69, 9.17) is 20.8 Å². The molecule has 0 aliphatic carbocycles. The number of carbonyl (C=O) groups is 1. The number of hydrogen-bond acceptors (Lipinski definition) is 4. The molecule has 1 aliphatic heterocycles. The maximum absolute atomic E-state index is 12.6. The van der Waals surface area contributed by atoms with Crippen LogP contribution >= 0.6 is 11.6 Å². The standard InChI is InChI=1S/C14H16ClN3O3/c1-8-13(9(2)17-16-8)10-7-20-6-5-18(10)14(19)11-3-4-12(15)21-11/h3-4,10H,5-7H2,1-2H3,(H,16,17)/t10-/m0/s1. The SMILES string of the molecule is Cc1n[nH]c(C)c1[C@@H]1COCCN1C(=O)c1ccc(Cl)o1. The number of hydrogen-bond donors (Lipinski definition) is 1. The molecule has 2 aromatic heterocycles.